The fraction of sp³-hybridized carbons (Fsp3) is 0.194. The van der Waals surface area contributed by atoms with Crippen LogP contribution in [-0.4, -0.2) is 17.8 Å². The summed E-state index contributed by atoms with van der Waals surface area (Å²) in [5.74, 6) is 1.20. The van der Waals surface area contributed by atoms with E-state index in [0.29, 0.717) is 18.6 Å². The number of carbonyl (C=O) groups is 1. The van der Waals surface area contributed by atoms with Gasteiger partial charge in [-0.3, -0.25) is 4.79 Å². The van der Waals surface area contributed by atoms with Crippen molar-refractivity contribution in [2.45, 2.75) is 24.5 Å². The molecule has 180 valence electrons. The molecule has 1 N–H and O–H groups in total. The molecule has 0 aromatic heterocycles. The molecule has 36 heavy (non-hydrogen) atoms. The largest absolute Gasteiger partial charge is 0.454 e. The first-order chi connectivity index (χ1) is 17.6. The minimum Gasteiger partial charge on any atom is -0.454 e. The SMILES string of the molecule is O=C1C(CCC(O)(c2ccccc2)c2ccccc2)C(c2ccc3c(c2)OCO3)N1c1ccccc1. The van der Waals surface area contributed by atoms with E-state index in [-0.39, 0.29) is 24.7 Å². The van der Waals surface area contributed by atoms with Crippen molar-refractivity contribution in [1.82, 2.24) is 0 Å². The summed E-state index contributed by atoms with van der Waals surface area (Å²) in [4.78, 5) is 15.4. The highest BCUT2D eigenvalue weighted by molar-refractivity contribution is 6.03. The van der Waals surface area contributed by atoms with Crippen LogP contribution in [-0.2, 0) is 10.4 Å². The summed E-state index contributed by atoms with van der Waals surface area (Å²) in [7, 11) is 0. The highest BCUT2D eigenvalue weighted by Crippen LogP contribution is 2.49. The lowest BCUT2D eigenvalue weighted by Gasteiger charge is -2.48. The Kier molecular flexibility index (Phi) is 5.70. The molecule has 0 bridgehead atoms. The lowest BCUT2D eigenvalue weighted by atomic mass is 9.74. The molecule has 2 atom stereocenters. The molecule has 4 aromatic rings. The van der Waals surface area contributed by atoms with Gasteiger partial charge in [-0.25, -0.2) is 0 Å². The summed E-state index contributed by atoms with van der Waals surface area (Å²) >= 11 is 0. The van der Waals surface area contributed by atoms with Gasteiger partial charge in [0, 0.05) is 5.69 Å². The molecular weight excluding hydrogens is 450 g/mol. The van der Waals surface area contributed by atoms with E-state index in [4.69, 9.17) is 9.47 Å². The van der Waals surface area contributed by atoms with Gasteiger partial charge in [-0.2, -0.15) is 0 Å². The van der Waals surface area contributed by atoms with Gasteiger partial charge in [0.2, 0.25) is 12.7 Å². The van der Waals surface area contributed by atoms with Gasteiger partial charge in [-0.15, -0.1) is 0 Å². The predicted molar refractivity (Wildman–Crippen MR) is 138 cm³/mol. The van der Waals surface area contributed by atoms with Crippen LogP contribution >= 0.6 is 0 Å². The zero-order valence-electron chi connectivity index (χ0n) is 19.8. The number of carbonyl (C=O) groups excluding carboxylic acids is 1. The third kappa shape index (κ3) is 3.82. The molecule has 4 aromatic carbocycles. The number of β-lactam (4-membered cyclic amide) rings is 1. The van der Waals surface area contributed by atoms with E-state index in [0.717, 1.165) is 28.1 Å². The summed E-state index contributed by atoms with van der Waals surface area (Å²) in [6.07, 6.45) is 0.947. The molecule has 0 aliphatic carbocycles. The van der Waals surface area contributed by atoms with Gasteiger partial charge in [0.1, 0.15) is 5.60 Å². The Morgan fingerprint density at radius 1 is 0.778 bits per heavy atom. The Balaban J connectivity index is 1.34. The summed E-state index contributed by atoms with van der Waals surface area (Å²) in [6.45, 7) is 0.204. The van der Waals surface area contributed by atoms with Crippen molar-refractivity contribution < 1.29 is 19.4 Å². The van der Waals surface area contributed by atoms with E-state index in [1.165, 1.54) is 0 Å². The van der Waals surface area contributed by atoms with Gasteiger partial charge < -0.3 is 19.5 Å². The van der Waals surface area contributed by atoms with E-state index in [1.807, 2.05) is 114 Å². The number of hydrogen-bond donors (Lipinski definition) is 1. The minimum atomic E-state index is -1.20. The zero-order chi connectivity index (χ0) is 24.5. The molecular formula is C31H27NO4. The van der Waals surface area contributed by atoms with Gasteiger partial charge >= 0.3 is 0 Å². The lowest BCUT2D eigenvalue weighted by molar-refractivity contribution is -0.131. The number of aliphatic hydroxyl groups is 1. The molecule has 2 aliphatic heterocycles. The maximum absolute atomic E-state index is 13.6. The van der Waals surface area contributed by atoms with Crippen molar-refractivity contribution in [3.05, 3.63) is 126 Å². The molecule has 2 aliphatic rings. The van der Waals surface area contributed by atoms with Crippen LogP contribution in [0.4, 0.5) is 5.69 Å². The maximum atomic E-state index is 13.6. The zero-order valence-corrected chi connectivity index (χ0v) is 19.8. The van der Waals surface area contributed by atoms with Crippen LogP contribution in [0.3, 0.4) is 0 Å². The van der Waals surface area contributed by atoms with E-state index in [2.05, 4.69) is 0 Å². The van der Waals surface area contributed by atoms with Crippen molar-refractivity contribution in [3.8, 4) is 11.5 Å². The third-order valence-electron chi connectivity index (χ3n) is 7.31. The Bertz CT molecular complexity index is 1320. The number of para-hydroxylation sites is 1. The highest BCUT2D eigenvalue weighted by atomic mass is 16.7. The van der Waals surface area contributed by atoms with Gasteiger partial charge in [0.25, 0.3) is 0 Å². The number of nitrogens with zero attached hydrogens (tertiary/aromatic N) is 1. The third-order valence-corrected chi connectivity index (χ3v) is 7.31. The number of rotatable bonds is 7. The molecule has 5 nitrogen and oxygen atoms in total. The summed E-state index contributed by atoms with van der Waals surface area (Å²) < 4.78 is 11.1. The highest BCUT2D eigenvalue weighted by Gasteiger charge is 2.49. The molecule has 1 fully saturated rings. The van der Waals surface area contributed by atoms with Gasteiger partial charge in [0.05, 0.1) is 12.0 Å². The normalized spacial score (nSPS) is 18.7. The molecule has 2 unspecified atom stereocenters. The second-order valence-electron chi connectivity index (χ2n) is 9.34. The predicted octanol–water partition coefficient (Wildman–Crippen LogP) is 5.84. The van der Waals surface area contributed by atoms with Crippen LogP contribution < -0.4 is 14.4 Å². The Labute approximate surface area is 210 Å². The maximum Gasteiger partial charge on any atom is 0.233 e. The first kappa shape index (κ1) is 22.4. The second-order valence-corrected chi connectivity index (χ2v) is 9.34. The second kappa shape index (κ2) is 9.17. The quantitative estimate of drug-likeness (QED) is 0.340. The fourth-order valence-corrected chi connectivity index (χ4v) is 5.43. The number of amides is 1. The Hall–Kier alpha value is -4.09. The Morgan fingerprint density at radius 3 is 2.00 bits per heavy atom. The fourth-order valence-electron chi connectivity index (χ4n) is 5.43. The summed E-state index contributed by atoms with van der Waals surface area (Å²) in [5, 5.41) is 12.0. The smallest absolute Gasteiger partial charge is 0.233 e. The Morgan fingerprint density at radius 2 is 1.36 bits per heavy atom. The van der Waals surface area contributed by atoms with Crippen LogP contribution in [0.25, 0.3) is 0 Å². The molecule has 6 rings (SSSR count). The van der Waals surface area contributed by atoms with E-state index in [1.54, 1.807) is 0 Å². The summed E-state index contributed by atoms with van der Waals surface area (Å²) in [6, 6.07) is 34.9. The number of fused-ring (bicyclic) bond motifs is 1. The van der Waals surface area contributed by atoms with Gasteiger partial charge in [0.15, 0.2) is 11.5 Å². The van der Waals surface area contributed by atoms with Gasteiger partial charge in [-0.1, -0.05) is 84.9 Å². The van der Waals surface area contributed by atoms with E-state index in [9.17, 15) is 9.90 Å². The van der Waals surface area contributed by atoms with Crippen molar-refractivity contribution in [1.29, 1.82) is 0 Å². The molecule has 0 spiro atoms. The number of anilines is 1. The number of hydrogen-bond acceptors (Lipinski definition) is 4. The van der Waals surface area contributed by atoms with Crippen LogP contribution in [0.1, 0.15) is 35.6 Å². The molecule has 0 saturated carbocycles. The van der Waals surface area contributed by atoms with Crippen LogP contribution in [0.5, 0.6) is 11.5 Å². The molecule has 1 saturated heterocycles. The van der Waals surface area contributed by atoms with E-state index >= 15 is 0 Å². The van der Waals surface area contributed by atoms with Crippen molar-refractivity contribution in [2.75, 3.05) is 11.7 Å². The van der Waals surface area contributed by atoms with Crippen molar-refractivity contribution in [2.24, 2.45) is 5.92 Å². The minimum absolute atomic E-state index is 0.0624. The molecule has 2 heterocycles. The van der Waals surface area contributed by atoms with E-state index < -0.39 is 5.60 Å². The molecule has 0 radical (unpaired) electrons. The van der Waals surface area contributed by atoms with Crippen molar-refractivity contribution >= 4 is 11.6 Å². The number of benzene rings is 4. The lowest BCUT2D eigenvalue weighted by Crippen LogP contribution is -2.55. The van der Waals surface area contributed by atoms with Gasteiger partial charge in [-0.05, 0) is 53.8 Å². The van der Waals surface area contributed by atoms with Crippen molar-refractivity contribution in [3.63, 3.8) is 0 Å². The first-order valence-electron chi connectivity index (χ1n) is 12.3. The first-order valence-corrected chi connectivity index (χ1v) is 12.3. The monoisotopic (exact) mass is 477 g/mol. The van der Waals surface area contributed by atoms with Crippen LogP contribution in [0, 0.1) is 5.92 Å². The average Bonchev–Trinajstić information content (AvgIpc) is 3.41. The number of ether oxygens (including phenoxy) is 2. The summed E-state index contributed by atoms with van der Waals surface area (Å²) in [5.41, 5.74) is 2.30. The average molecular weight is 478 g/mol. The topological polar surface area (TPSA) is 59.0 Å². The van der Waals surface area contributed by atoms with Crippen LogP contribution in [0.2, 0.25) is 0 Å². The molecule has 1 amide bonds. The van der Waals surface area contributed by atoms with Crippen LogP contribution in [0.15, 0.2) is 109 Å². The molecule has 5 heteroatoms. The standard InChI is InChI=1S/C31H27NO4/c33-30-26(18-19-31(34,23-10-4-1-5-11-23)24-12-6-2-7-13-24)29(32(30)25-14-8-3-9-15-25)22-16-17-27-28(20-22)36-21-35-27/h1-17,20,26,29,34H,18-19,21H2.